The standard InChI is InChI=1S/C11H15N5/c1-7-10(8(2)15-14-7)11-9-5-12-6-16(9)4-3-13-11/h5-6,11,13H,3-4H2,1-2H3,(H,14,15). The third kappa shape index (κ3) is 1.28. The Labute approximate surface area is 93.9 Å². The molecule has 3 rings (SSSR count). The molecule has 1 unspecified atom stereocenters. The largest absolute Gasteiger partial charge is 0.332 e. The molecule has 1 atom stereocenters. The lowest BCUT2D eigenvalue weighted by Crippen LogP contribution is -2.34. The Bertz CT molecular complexity index is 491. The van der Waals surface area contributed by atoms with Crippen LogP contribution in [-0.2, 0) is 6.54 Å². The van der Waals surface area contributed by atoms with Gasteiger partial charge in [0.05, 0.1) is 30.0 Å². The second-order valence-corrected chi connectivity index (χ2v) is 4.25. The first kappa shape index (κ1) is 9.59. The topological polar surface area (TPSA) is 58.5 Å². The lowest BCUT2D eigenvalue weighted by molar-refractivity contribution is 0.465. The molecule has 0 saturated heterocycles. The molecule has 0 amide bonds. The Hall–Kier alpha value is -1.62. The molecule has 0 radical (unpaired) electrons. The molecule has 5 heteroatoms. The molecule has 1 aliphatic rings. The quantitative estimate of drug-likeness (QED) is 0.746. The van der Waals surface area contributed by atoms with Crippen molar-refractivity contribution < 1.29 is 0 Å². The molecule has 0 fully saturated rings. The van der Waals surface area contributed by atoms with E-state index in [1.807, 2.05) is 19.4 Å². The van der Waals surface area contributed by atoms with E-state index < -0.39 is 0 Å². The van der Waals surface area contributed by atoms with Crippen molar-refractivity contribution in [3.8, 4) is 0 Å². The van der Waals surface area contributed by atoms with Crippen molar-refractivity contribution in [3.05, 3.63) is 35.2 Å². The van der Waals surface area contributed by atoms with Gasteiger partial charge in [-0.15, -0.1) is 0 Å². The van der Waals surface area contributed by atoms with E-state index in [4.69, 9.17) is 0 Å². The highest BCUT2D eigenvalue weighted by atomic mass is 15.2. The summed E-state index contributed by atoms with van der Waals surface area (Å²) in [7, 11) is 0. The highest BCUT2D eigenvalue weighted by molar-refractivity contribution is 5.34. The summed E-state index contributed by atoms with van der Waals surface area (Å²) in [6.07, 6.45) is 3.83. The number of imidazole rings is 1. The number of H-pyrrole nitrogens is 1. The van der Waals surface area contributed by atoms with E-state index in [-0.39, 0.29) is 6.04 Å². The average molecular weight is 217 g/mol. The maximum Gasteiger partial charge on any atom is 0.0949 e. The molecule has 84 valence electrons. The second-order valence-electron chi connectivity index (χ2n) is 4.25. The Morgan fingerprint density at radius 3 is 3.06 bits per heavy atom. The van der Waals surface area contributed by atoms with Crippen molar-refractivity contribution in [3.63, 3.8) is 0 Å². The molecule has 0 bridgehead atoms. The summed E-state index contributed by atoms with van der Waals surface area (Å²) >= 11 is 0. The highest BCUT2D eigenvalue weighted by Gasteiger charge is 2.25. The summed E-state index contributed by atoms with van der Waals surface area (Å²) in [4.78, 5) is 4.22. The fourth-order valence-corrected chi connectivity index (χ4v) is 2.43. The first-order valence-corrected chi connectivity index (χ1v) is 5.52. The van der Waals surface area contributed by atoms with Crippen LogP contribution < -0.4 is 5.32 Å². The smallest absolute Gasteiger partial charge is 0.0949 e. The molecule has 16 heavy (non-hydrogen) atoms. The summed E-state index contributed by atoms with van der Waals surface area (Å²) in [5, 5.41) is 10.8. The van der Waals surface area contributed by atoms with Crippen LogP contribution in [0, 0.1) is 13.8 Å². The van der Waals surface area contributed by atoms with Gasteiger partial charge in [0.1, 0.15) is 0 Å². The molecule has 0 spiro atoms. The van der Waals surface area contributed by atoms with Crippen molar-refractivity contribution in [2.75, 3.05) is 6.54 Å². The van der Waals surface area contributed by atoms with Gasteiger partial charge >= 0.3 is 0 Å². The number of fused-ring (bicyclic) bond motifs is 1. The zero-order valence-corrected chi connectivity index (χ0v) is 9.49. The molecule has 0 aliphatic carbocycles. The van der Waals surface area contributed by atoms with Gasteiger partial charge in [-0.3, -0.25) is 5.10 Å². The fourth-order valence-electron chi connectivity index (χ4n) is 2.43. The van der Waals surface area contributed by atoms with Crippen LogP contribution in [0.5, 0.6) is 0 Å². The van der Waals surface area contributed by atoms with Crippen LogP contribution in [0.2, 0.25) is 0 Å². The molecule has 0 saturated carbocycles. The van der Waals surface area contributed by atoms with Gasteiger partial charge in [0.25, 0.3) is 0 Å². The monoisotopic (exact) mass is 217 g/mol. The van der Waals surface area contributed by atoms with E-state index in [0.717, 1.165) is 24.5 Å². The Kier molecular flexibility index (Phi) is 2.07. The van der Waals surface area contributed by atoms with Gasteiger partial charge in [-0.1, -0.05) is 0 Å². The minimum absolute atomic E-state index is 0.218. The van der Waals surface area contributed by atoms with Crippen LogP contribution in [0.4, 0.5) is 0 Å². The Morgan fingerprint density at radius 2 is 2.31 bits per heavy atom. The van der Waals surface area contributed by atoms with Crippen molar-refractivity contribution in [1.82, 2.24) is 25.1 Å². The number of aromatic amines is 1. The van der Waals surface area contributed by atoms with E-state index in [9.17, 15) is 0 Å². The Balaban J connectivity index is 2.10. The summed E-state index contributed by atoms with van der Waals surface area (Å²) in [6.45, 7) is 6.06. The zero-order chi connectivity index (χ0) is 11.1. The predicted molar refractivity (Wildman–Crippen MR) is 60.1 cm³/mol. The van der Waals surface area contributed by atoms with Crippen molar-refractivity contribution in [2.45, 2.75) is 26.4 Å². The van der Waals surface area contributed by atoms with Crippen LogP contribution in [0.3, 0.4) is 0 Å². The number of rotatable bonds is 1. The maximum atomic E-state index is 4.25. The van der Waals surface area contributed by atoms with Crippen LogP contribution in [0.25, 0.3) is 0 Å². The summed E-state index contributed by atoms with van der Waals surface area (Å²) in [6, 6.07) is 0.218. The van der Waals surface area contributed by atoms with Gasteiger partial charge in [-0.05, 0) is 13.8 Å². The number of nitrogens with one attached hydrogen (secondary N) is 2. The van der Waals surface area contributed by atoms with E-state index in [2.05, 4.69) is 32.0 Å². The van der Waals surface area contributed by atoms with Crippen LogP contribution in [-0.4, -0.2) is 26.3 Å². The minimum atomic E-state index is 0.218. The summed E-state index contributed by atoms with van der Waals surface area (Å²) in [5.74, 6) is 0. The number of hydrogen-bond acceptors (Lipinski definition) is 3. The molecule has 2 N–H and O–H groups in total. The molecular formula is C11H15N5. The lowest BCUT2D eigenvalue weighted by atomic mass is 10.0. The predicted octanol–water partition coefficient (Wildman–Crippen LogP) is 0.916. The normalized spacial score (nSPS) is 19.8. The van der Waals surface area contributed by atoms with Crippen molar-refractivity contribution in [1.29, 1.82) is 0 Å². The van der Waals surface area contributed by atoms with E-state index in [1.54, 1.807) is 0 Å². The molecule has 2 aromatic rings. The SMILES string of the molecule is Cc1n[nH]c(C)c1C1NCCn2cncc21. The van der Waals surface area contributed by atoms with Gasteiger partial charge < -0.3 is 9.88 Å². The maximum absolute atomic E-state index is 4.25. The lowest BCUT2D eigenvalue weighted by Gasteiger charge is -2.26. The van der Waals surface area contributed by atoms with Gasteiger partial charge in [-0.25, -0.2) is 4.98 Å². The van der Waals surface area contributed by atoms with Gasteiger partial charge in [0, 0.05) is 24.3 Å². The molecule has 5 nitrogen and oxygen atoms in total. The summed E-state index contributed by atoms with van der Waals surface area (Å²) in [5.41, 5.74) is 4.66. The van der Waals surface area contributed by atoms with Crippen LogP contribution >= 0.6 is 0 Å². The molecule has 1 aliphatic heterocycles. The zero-order valence-electron chi connectivity index (χ0n) is 9.49. The Morgan fingerprint density at radius 1 is 1.44 bits per heavy atom. The second kappa shape index (κ2) is 3.45. The van der Waals surface area contributed by atoms with E-state index in [1.165, 1.54) is 11.3 Å². The fraction of sp³-hybridized carbons (Fsp3) is 0.455. The third-order valence-corrected chi connectivity index (χ3v) is 3.22. The number of aromatic nitrogens is 4. The van der Waals surface area contributed by atoms with Crippen molar-refractivity contribution >= 4 is 0 Å². The highest BCUT2D eigenvalue weighted by Crippen LogP contribution is 2.27. The van der Waals surface area contributed by atoms with Crippen molar-refractivity contribution in [2.24, 2.45) is 0 Å². The van der Waals surface area contributed by atoms with Crippen LogP contribution in [0.15, 0.2) is 12.5 Å². The van der Waals surface area contributed by atoms with E-state index >= 15 is 0 Å². The number of nitrogens with zero attached hydrogens (tertiary/aromatic N) is 3. The number of aryl methyl sites for hydroxylation is 2. The van der Waals surface area contributed by atoms with Crippen LogP contribution in [0.1, 0.15) is 28.7 Å². The average Bonchev–Trinajstić information content (AvgIpc) is 2.86. The minimum Gasteiger partial charge on any atom is -0.332 e. The molecular weight excluding hydrogens is 202 g/mol. The van der Waals surface area contributed by atoms with Gasteiger partial charge in [0.15, 0.2) is 0 Å². The third-order valence-electron chi connectivity index (χ3n) is 3.22. The van der Waals surface area contributed by atoms with Gasteiger partial charge in [0.2, 0.25) is 0 Å². The first-order valence-electron chi connectivity index (χ1n) is 5.52. The number of hydrogen-bond donors (Lipinski definition) is 2. The van der Waals surface area contributed by atoms with E-state index in [0.29, 0.717) is 0 Å². The molecule has 2 aromatic heterocycles. The summed E-state index contributed by atoms with van der Waals surface area (Å²) < 4.78 is 2.20. The first-order chi connectivity index (χ1) is 7.77. The molecule has 0 aromatic carbocycles. The molecule has 3 heterocycles. The van der Waals surface area contributed by atoms with Gasteiger partial charge in [-0.2, -0.15) is 5.10 Å².